The standard InChI is InChI=1S/C6H5BClN2O/c1-7-6-9-2-4(3-11)5(8)10-6/h2-3H,1H3. The summed E-state index contributed by atoms with van der Waals surface area (Å²) in [4.78, 5) is 17.9. The predicted molar refractivity (Wildman–Crippen MR) is 43.7 cm³/mol. The molecule has 0 aromatic carbocycles. The minimum Gasteiger partial charge on any atom is -0.298 e. The zero-order valence-corrected chi connectivity index (χ0v) is 6.67. The van der Waals surface area contributed by atoms with Gasteiger partial charge in [0.2, 0.25) is 7.28 Å². The Bertz CT molecular complexity index is 279. The number of hydrogen-bond acceptors (Lipinski definition) is 3. The van der Waals surface area contributed by atoms with Crippen molar-refractivity contribution in [2.24, 2.45) is 0 Å². The summed E-state index contributed by atoms with van der Waals surface area (Å²) in [6, 6.07) is 0. The maximum atomic E-state index is 10.3. The lowest BCUT2D eigenvalue weighted by atomic mass is 9.81. The highest BCUT2D eigenvalue weighted by atomic mass is 35.5. The van der Waals surface area contributed by atoms with Crippen LogP contribution in [-0.4, -0.2) is 23.5 Å². The first kappa shape index (κ1) is 8.20. The van der Waals surface area contributed by atoms with E-state index >= 15 is 0 Å². The summed E-state index contributed by atoms with van der Waals surface area (Å²) in [5.74, 6) is 0. The fourth-order valence-corrected chi connectivity index (χ4v) is 0.781. The smallest absolute Gasteiger partial charge is 0.201 e. The van der Waals surface area contributed by atoms with Gasteiger partial charge in [0.15, 0.2) is 6.29 Å². The normalized spacial score (nSPS) is 9.27. The molecule has 1 rings (SSSR count). The first-order valence-corrected chi connectivity index (χ1v) is 3.43. The third-order valence-electron chi connectivity index (χ3n) is 1.17. The lowest BCUT2D eigenvalue weighted by molar-refractivity contribution is 0.112. The summed E-state index contributed by atoms with van der Waals surface area (Å²) >= 11 is 5.61. The molecule has 5 heteroatoms. The Labute approximate surface area is 70.1 Å². The number of aldehydes is 1. The van der Waals surface area contributed by atoms with Gasteiger partial charge in [0.05, 0.1) is 11.3 Å². The summed E-state index contributed by atoms with van der Waals surface area (Å²) in [5, 5.41) is 0.197. The van der Waals surface area contributed by atoms with Crippen LogP contribution in [0.2, 0.25) is 12.0 Å². The Morgan fingerprint density at radius 2 is 2.45 bits per heavy atom. The van der Waals surface area contributed by atoms with E-state index in [4.69, 9.17) is 11.6 Å². The van der Waals surface area contributed by atoms with Gasteiger partial charge in [0, 0.05) is 6.20 Å². The van der Waals surface area contributed by atoms with Crippen molar-refractivity contribution in [1.82, 2.24) is 9.97 Å². The Morgan fingerprint density at radius 3 is 2.91 bits per heavy atom. The van der Waals surface area contributed by atoms with Crippen molar-refractivity contribution >= 4 is 30.9 Å². The quantitative estimate of drug-likeness (QED) is 0.362. The molecule has 0 amide bonds. The van der Waals surface area contributed by atoms with Crippen molar-refractivity contribution in [2.75, 3.05) is 0 Å². The first-order valence-electron chi connectivity index (χ1n) is 3.05. The van der Waals surface area contributed by atoms with E-state index in [0.29, 0.717) is 17.6 Å². The van der Waals surface area contributed by atoms with Gasteiger partial charge in [-0.15, -0.1) is 0 Å². The third-order valence-corrected chi connectivity index (χ3v) is 1.47. The summed E-state index contributed by atoms with van der Waals surface area (Å²) in [5.41, 5.74) is 0.845. The molecule has 0 fully saturated rings. The molecular formula is C6H5BClN2O. The molecular weight excluding hydrogens is 162 g/mol. The summed E-state index contributed by atoms with van der Waals surface area (Å²) in [7, 11) is 1.71. The molecule has 1 aromatic rings. The van der Waals surface area contributed by atoms with Crippen LogP contribution in [0.15, 0.2) is 6.20 Å². The Hall–Kier alpha value is -0.895. The number of halogens is 1. The highest BCUT2D eigenvalue weighted by Gasteiger charge is 2.01. The van der Waals surface area contributed by atoms with E-state index < -0.39 is 0 Å². The van der Waals surface area contributed by atoms with Crippen LogP contribution < -0.4 is 5.72 Å². The summed E-state index contributed by atoms with van der Waals surface area (Å²) in [6.45, 7) is 1.80. The van der Waals surface area contributed by atoms with Crippen LogP contribution in [0.4, 0.5) is 0 Å². The molecule has 3 nitrogen and oxygen atoms in total. The molecule has 0 aliphatic heterocycles. The van der Waals surface area contributed by atoms with Crippen LogP contribution in [0.1, 0.15) is 10.4 Å². The van der Waals surface area contributed by atoms with Gasteiger partial charge >= 0.3 is 0 Å². The highest BCUT2D eigenvalue weighted by Crippen LogP contribution is 2.05. The van der Waals surface area contributed by atoms with E-state index in [-0.39, 0.29) is 5.15 Å². The van der Waals surface area contributed by atoms with Crippen LogP contribution in [0.3, 0.4) is 0 Å². The van der Waals surface area contributed by atoms with Crippen LogP contribution >= 0.6 is 11.6 Å². The zero-order chi connectivity index (χ0) is 8.27. The minimum absolute atomic E-state index is 0.197. The second kappa shape index (κ2) is 3.48. The summed E-state index contributed by atoms with van der Waals surface area (Å²) in [6.07, 6.45) is 2.03. The molecule has 0 bridgehead atoms. The third kappa shape index (κ3) is 1.77. The molecule has 0 aliphatic carbocycles. The Morgan fingerprint density at radius 1 is 1.73 bits per heavy atom. The van der Waals surface area contributed by atoms with Crippen molar-refractivity contribution in [3.05, 3.63) is 16.9 Å². The topological polar surface area (TPSA) is 42.9 Å². The van der Waals surface area contributed by atoms with Gasteiger partial charge in [-0.1, -0.05) is 18.4 Å². The van der Waals surface area contributed by atoms with Gasteiger partial charge in [-0.05, 0) is 0 Å². The Balaban J connectivity index is 3.09. The molecule has 0 atom stereocenters. The molecule has 55 valence electrons. The monoisotopic (exact) mass is 167 g/mol. The van der Waals surface area contributed by atoms with Crippen molar-refractivity contribution in [2.45, 2.75) is 6.82 Å². The van der Waals surface area contributed by atoms with Gasteiger partial charge < -0.3 is 0 Å². The van der Waals surface area contributed by atoms with Crippen LogP contribution in [0.25, 0.3) is 0 Å². The average Bonchev–Trinajstić information content (AvgIpc) is 2.04. The number of rotatable bonds is 2. The molecule has 1 aromatic heterocycles. The van der Waals surface area contributed by atoms with Crippen LogP contribution in [0.5, 0.6) is 0 Å². The second-order valence-electron chi connectivity index (χ2n) is 1.88. The van der Waals surface area contributed by atoms with E-state index in [1.807, 2.05) is 0 Å². The van der Waals surface area contributed by atoms with E-state index in [0.717, 1.165) is 0 Å². The van der Waals surface area contributed by atoms with Crippen LogP contribution in [-0.2, 0) is 0 Å². The maximum Gasteiger partial charge on any atom is 0.201 e. The molecule has 11 heavy (non-hydrogen) atoms. The van der Waals surface area contributed by atoms with Crippen molar-refractivity contribution < 1.29 is 4.79 Å². The number of aromatic nitrogens is 2. The largest absolute Gasteiger partial charge is 0.298 e. The SMILES string of the molecule is C[B]c1ncc(C=O)c(Cl)n1. The van der Waals surface area contributed by atoms with E-state index in [1.165, 1.54) is 6.20 Å². The molecule has 0 saturated heterocycles. The maximum absolute atomic E-state index is 10.3. The predicted octanol–water partition coefficient (Wildman–Crippen LogP) is 0.320. The molecule has 1 heterocycles. The minimum atomic E-state index is 0.197. The zero-order valence-electron chi connectivity index (χ0n) is 5.91. The number of carbonyl (C=O) groups is 1. The van der Waals surface area contributed by atoms with Gasteiger partial charge in [0.1, 0.15) is 5.15 Å². The lowest BCUT2D eigenvalue weighted by Crippen LogP contribution is -2.20. The summed E-state index contributed by atoms with van der Waals surface area (Å²) < 4.78 is 0. The molecule has 0 spiro atoms. The van der Waals surface area contributed by atoms with Gasteiger partial charge in [-0.2, -0.15) is 0 Å². The Kier molecular flexibility index (Phi) is 2.60. The molecule has 0 unspecified atom stereocenters. The highest BCUT2D eigenvalue weighted by molar-refractivity contribution is 6.50. The first-order chi connectivity index (χ1) is 5.27. The van der Waals surface area contributed by atoms with Gasteiger partial charge in [-0.25, -0.2) is 4.98 Å². The average molecular weight is 167 g/mol. The second-order valence-corrected chi connectivity index (χ2v) is 2.24. The van der Waals surface area contributed by atoms with E-state index in [1.54, 1.807) is 14.1 Å². The van der Waals surface area contributed by atoms with Crippen molar-refractivity contribution in [3.63, 3.8) is 0 Å². The molecule has 0 saturated carbocycles. The fraction of sp³-hybridized carbons (Fsp3) is 0.167. The van der Waals surface area contributed by atoms with Crippen LogP contribution in [0, 0.1) is 0 Å². The lowest BCUT2D eigenvalue weighted by Gasteiger charge is -1.96. The van der Waals surface area contributed by atoms with E-state index in [9.17, 15) is 4.79 Å². The van der Waals surface area contributed by atoms with Gasteiger partial charge in [-0.3, -0.25) is 9.78 Å². The molecule has 0 N–H and O–H groups in total. The molecule has 1 radical (unpaired) electrons. The van der Waals surface area contributed by atoms with Crippen molar-refractivity contribution in [1.29, 1.82) is 0 Å². The number of nitrogens with zero attached hydrogens (tertiary/aromatic N) is 2. The van der Waals surface area contributed by atoms with Crippen molar-refractivity contribution in [3.8, 4) is 0 Å². The van der Waals surface area contributed by atoms with E-state index in [2.05, 4.69) is 9.97 Å². The van der Waals surface area contributed by atoms with Gasteiger partial charge in [0.25, 0.3) is 0 Å². The molecule has 0 aliphatic rings. The number of carbonyl (C=O) groups excluding carboxylic acids is 1. The number of hydrogen-bond donors (Lipinski definition) is 0. The fourth-order valence-electron chi connectivity index (χ4n) is 0.601.